The highest BCUT2D eigenvalue weighted by Crippen LogP contribution is 2.12. The van der Waals surface area contributed by atoms with Gasteiger partial charge in [-0.15, -0.1) is 0 Å². The summed E-state index contributed by atoms with van der Waals surface area (Å²) in [6.07, 6.45) is 2.83. The number of aromatic amines is 1. The zero-order valence-electron chi connectivity index (χ0n) is 7.45. The third kappa shape index (κ3) is 1.63. The lowest BCUT2D eigenvalue weighted by atomic mass is 10.2. The number of fused-ring (bicyclic) bond motifs is 1. The van der Waals surface area contributed by atoms with Crippen molar-refractivity contribution in [2.24, 2.45) is 5.73 Å². The monoisotopic (exact) mass is 267 g/mol. The second-order valence-electron chi connectivity index (χ2n) is 2.95. The van der Waals surface area contributed by atoms with Crippen LogP contribution >= 0.6 is 15.9 Å². The number of halogens is 1. The molecule has 0 aliphatic carbocycles. The predicted molar refractivity (Wildman–Crippen MR) is 58.6 cm³/mol. The average Bonchev–Trinajstić information content (AvgIpc) is 2.19. The fraction of sp³-hybridized carbons (Fsp3) is 0. The molecule has 0 aliphatic heterocycles. The first-order valence-corrected chi connectivity index (χ1v) is 4.85. The van der Waals surface area contributed by atoms with Crippen molar-refractivity contribution < 1.29 is 4.79 Å². The summed E-state index contributed by atoms with van der Waals surface area (Å²) in [7, 11) is 0. The van der Waals surface area contributed by atoms with Gasteiger partial charge in [0, 0.05) is 16.9 Å². The lowest BCUT2D eigenvalue weighted by molar-refractivity contribution is 0.0999. The fourth-order valence-corrected chi connectivity index (χ4v) is 1.59. The number of rotatable bonds is 1. The van der Waals surface area contributed by atoms with E-state index in [1.807, 2.05) is 0 Å². The molecule has 3 N–H and O–H groups in total. The minimum absolute atomic E-state index is 0.0672. The molecule has 6 heteroatoms. The van der Waals surface area contributed by atoms with E-state index >= 15 is 0 Å². The molecule has 2 aromatic rings. The topological polar surface area (TPSA) is 88.8 Å². The standard InChI is InChI=1S/C9H6BrN3O2/c10-4-1-5-7(14)6(8(11)15)3-13-9(5)12-2-4/h1-3H,(H2,11,15)(H,12,13,14). The number of nitrogens with two attached hydrogens (primary N) is 1. The number of primary amides is 1. The van der Waals surface area contributed by atoms with Gasteiger partial charge in [0.15, 0.2) is 0 Å². The third-order valence-corrected chi connectivity index (χ3v) is 2.40. The minimum atomic E-state index is -0.752. The summed E-state index contributed by atoms with van der Waals surface area (Å²) in [4.78, 5) is 29.4. The number of aromatic nitrogens is 2. The molecular formula is C9H6BrN3O2. The number of pyridine rings is 2. The number of nitrogens with one attached hydrogen (secondary N) is 1. The van der Waals surface area contributed by atoms with Crippen molar-refractivity contribution in [2.45, 2.75) is 0 Å². The zero-order valence-corrected chi connectivity index (χ0v) is 9.04. The summed E-state index contributed by atoms with van der Waals surface area (Å²) >= 11 is 3.20. The number of H-pyrrole nitrogens is 1. The molecule has 76 valence electrons. The van der Waals surface area contributed by atoms with Gasteiger partial charge in [-0.25, -0.2) is 4.98 Å². The van der Waals surface area contributed by atoms with Gasteiger partial charge in [0.1, 0.15) is 11.2 Å². The molecule has 2 heterocycles. The first-order valence-electron chi connectivity index (χ1n) is 4.06. The number of nitrogens with zero attached hydrogens (tertiary/aromatic N) is 1. The first kappa shape index (κ1) is 9.85. The molecular weight excluding hydrogens is 262 g/mol. The van der Waals surface area contributed by atoms with Crippen LogP contribution in [0.25, 0.3) is 11.0 Å². The summed E-state index contributed by atoms with van der Waals surface area (Å²) in [5, 5.41) is 0.334. The van der Waals surface area contributed by atoms with Crippen LogP contribution in [0.15, 0.2) is 27.7 Å². The van der Waals surface area contributed by atoms with Crippen LogP contribution in [0, 0.1) is 0 Å². The second kappa shape index (κ2) is 3.47. The Labute approximate surface area is 92.4 Å². The molecule has 0 fully saturated rings. The molecule has 2 aromatic heterocycles. The Morgan fingerprint density at radius 3 is 2.93 bits per heavy atom. The van der Waals surface area contributed by atoms with E-state index in [-0.39, 0.29) is 5.56 Å². The zero-order chi connectivity index (χ0) is 11.0. The third-order valence-electron chi connectivity index (χ3n) is 1.96. The van der Waals surface area contributed by atoms with Crippen molar-refractivity contribution in [3.63, 3.8) is 0 Å². The Hall–Kier alpha value is -1.69. The minimum Gasteiger partial charge on any atom is -0.365 e. The molecule has 0 atom stereocenters. The van der Waals surface area contributed by atoms with Gasteiger partial charge in [-0.2, -0.15) is 0 Å². The van der Waals surface area contributed by atoms with Crippen LogP contribution in [0.1, 0.15) is 10.4 Å². The maximum absolute atomic E-state index is 11.7. The van der Waals surface area contributed by atoms with Gasteiger partial charge in [0.25, 0.3) is 5.91 Å². The molecule has 0 spiro atoms. The molecule has 0 bridgehead atoms. The van der Waals surface area contributed by atoms with E-state index in [4.69, 9.17) is 5.73 Å². The van der Waals surface area contributed by atoms with Crippen LogP contribution in [0.3, 0.4) is 0 Å². The van der Waals surface area contributed by atoms with Gasteiger partial charge in [-0.1, -0.05) is 0 Å². The van der Waals surface area contributed by atoms with E-state index in [1.54, 1.807) is 12.3 Å². The Kier molecular flexibility index (Phi) is 2.28. The second-order valence-corrected chi connectivity index (χ2v) is 3.86. The largest absolute Gasteiger partial charge is 0.365 e. The summed E-state index contributed by atoms with van der Waals surface area (Å²) in [6.45, 7) is 0. The molecule has 2 rings (SSSR count). The molecule has 15 heavy (non-hydrogen) atoms. The quantitative estimate of drug-likeness (QED) is 0.801. The molecule has 0 radical (unpaired) electrons. The van der Waals surface area contributed by atoms with Gasteiger partial charge in [0.2, 0.25) is 5.43 Å². The van der Waals surface area contributed by atoms with Gasteiger partial charge < -0.3 is 10.7 Å². The van der Waals surface area contributed by atoms with E-state index < -0.39 is 11.3 Å². The van der Waals surface area contributed by atoms with Crippen LogP contribution < -0.4 is 11.2 Å². The summed E-state index contributed by atoms with van der Waals surface area (Å²) < 4.78 is 0.669. The van der Waals surface area contributed by atoms with Crippen molar-refractivity contribution in [1.29, 1.82) is 0 Å². The fourth-order valence-electron chi connectivity index (χ4n) is 1.26. The number of hydrogen-bond donors (Lipinski definition) is 2. The molecule has 0 aromatic carbocycles. The van der Waals surface area contributed by atoms with Crippen molar-refractivity contribution >= 4 is 32.9 Å². The highest BCUT2D eigenvalue weighted by Gasteiger charge is 2.10. The smallest absolute Gasteiger partial charge is 0.254 e. The van der Waals surface area contributed by atoms with E-state index in [2.05, 4.69) is 25.9 Å². The van der Waals surface area contributed by atoms with E-state index in [1.165, 1.54) is 6.20 Å². The molecule has 0 saturated heterocycles. The number of amides is 1. The number of hydrogen-bond acceptors (Lipinski definition) is 3. The molecule has 1 amide bonds. The van der Waals surface area contributed by atoms with E-state index in [0.717, 1.165) is 0 Å². The van der Waals surface area contributed by atoms with Crippen LogP contribution in [-0.4, -0.2) is 15.9 Å². The molecule has 5 nitrogen and oxygen atoms in total. The molecule has 0 saturated carbocycles. The highest BCUT2D eigenvalue weighted by molar-refractivity contribution is 9.10. The molecule has 0 unspecified atom stereocenters. The summed E-state index contributed by atoms with van der Waals surface area (Å²) in [6, 6.07) is 1.59. The van der Waals surface area contributed by atoms with Crippen molar-refractivity contribution in [1.82, 2.24) is 9.97 Å². The van der Waals surface area contributed by atoms with Crippen molar-refractivity contribution in [2.75, 3.05) is 0 Å². The highest BCUT2D eigenvalue weighted by atomic mass is 79.9. The van der Waals surface area contributed by atoms with Gasteiger partial charge in [0.05, 0.1) is 5.39 Å². The van der Waals surface area contributed by atoms with Gasteiger partial charge in [-0.3, -0.25) is 9.59 Å². The SMILES string of the molecule is NC(=O)c1c[nH]c2ncc(Br)cc2c1=O. The van der Waals surface area contributed by atoms with Crippen LogP contribution in [-0.2, 0) is 0 Å². The number of carbonyl (C=O) groups excluding carboxylic acids is 1. The summed E-state index contributed by atoms with van der Waals surface area (Å²) in [5.74, 6) is -0.752. The maximum atomic E-state index is 11.7. The van der Waals surface area contributed by atoms with E-state index in [0.29, 0.717) is 15.5 Å². The Bertz CT molecular complexity index is 606. The van der Waals surface area contributed by atoms with Crippen LogP contribution in [0.5, 0.6) is 0 Å². The number of carbonyl (C=O) groups is 1. The Morgan fingerprint density at radius 1 is 1.53 bits per heavy atom. The molecule has 0 aliphatic rings. The van der Waals surface area contributed by atoms with Crippen LogP contribution in [0.2, 0.25) is 0 Å². The average molecular weight is 268 g/mol. The lowest BCUT2D eigenvalue weighted by Gasteiger charge is -1.99. The van der Waals surface area contributed by atoms with Crippen molar-refractivity contribution in [3.05, 3.63) is 38.7 Å². The maximum Gasteiger partial charge on any atom is 0.254 e. The first-order chi connectivity index (χ1) is 7.09. The van der Waals surface area contributed by atoms with Crippen LogP contribution in [0.4, 0.5) is 0 Å². The normalized spacial score (nSPS) is 10.5. The van der Waals surface area contributed by atoms with Gasteiger partial charge >= 0.3 is 0 Å². The Morgan fingerprint density at radius 2 is 2.27 bits per heavy atom. The van der Waals surface area contributed by atoms with Gasteiger partial charge in [-0.05, 0) is 22.0 Å². The Balaban J connectivity index is 2.89. The lowest BCUT2D eigenvalue weighted by Crippen LogP contribution is -2.22. The predicted octanol–water partition coefficient (Wildman–Crippen LogP) is 0.784. The summed E-state index contributed by atoms with van der Waals surface area (Å²) in [5.41, 5.74) is 5.00. The van der Waals surface area contributed by atoms with Crippen molar-refractivity contribution in [3.8, 4) is 0 Å². The van der Waals surface area contributed by atoms with E-state index in [9.17, 15) is 9.59 Å².